The maximum Gasteiger partial charge on any atom is 0.322 e. The number of hydrogen-bond donors (Lipinski definition) is 0. The summed E-state index contributed by atoms with van der Waals surface area (Å²) in [6.45, 7) is 8.24. The van der Waals surface area contributed by atoms with Crippen molar-refractivity contribution in [2.75, 3.05) is 0 Å². The molecule has 0 N–H and O–H groups in total. The molecule has 3 nitrogen and oxygen atoms in total. The average Bonchev–Trinajstić information content (AvgIpc) is 3.17. The van der Waals surface area contributed by atoms with Crippen LogP contribution >= 0.6 is 0 Å². The molecule has 3 saturated carbocycles. The van der Waals surface area contributed by atoms with Crippen LogP contribution in [0.4, 0.5) is 0 Å². The molecule has 0 bridgehead atoms. The van der Waals surface area contributed by atoms with E-state index in [1.165, 1.54) is 83.5 Å². The Labute approximate surface area is 190 Å². The topological polar surface area (TPSA) is 35.5 Å². The van der Waals surface area contributed by atoms with Crippen molar-refractivity contribution in [1.29, 1.82) is 0 Å². The second kappa shape index (κ2) is 11.1. The third kappa shape index (κ3) is 6.44. The van der Waals surface area contributed by atoms with Gasteiger partial charge in [0.05, 0.1) is 5.92 Å². The van der Waals surface area contributed by atoms with E-state index in [4.69, 9.17) is 8.85 Å². The predicted octanol–water partition coefficient (Wildman–Crippen LogP) is 6.76. The fourth-order valence-electron chi connectivity index (χ4n) is 6.30. The molecule has 3 fully saturated rings. The molecule has 3 atom stereocenters. The first-order chi connectivity index (χ1) is 14.3. The lowest BCUT2D eigenvalue weighted by Gasteiger charge is -2.46. The second-order valence-corrected chi connectivity index (χ2v) is 13.5. The molecule has 3 rings (SSSR count). The van der Waals surface area contributed by atoms with E-state index in [1.54, 1.807) is 0 Å². The van der Waals surface area contributed by atoms with Gasteiger partial charge in [0.15, 0.2) is 0 Å². The van der Waals surface area contributed by atoms with Gasteiger partial charge in [0.25, 0.3) is 5.97 Å². The van der Waals surface area contributed by atoms with Crippen molar-refractivity contribution in [2.24, 2.45) is 23.7 Å². The number of hydrogen-bond acceptors (Lipinski definition) is 3. The third-order valence-corrected chi connectivity index (χ3v) is 11.1. The lowest BCUT2D eigenvalue weighted by molar-refractivity contribution is -0.138. The zero-order valence-electron chi connectivity index (χ0n) is 19.9. The molecule has 30 heavy (non-hydrogen) atoms. The quantitative estimate of drug-likeness (QED) is 0.385. The van der Waals surface area contributed by atoms with Gasteiger partial charge in [0.2, 0.25) is 9.76 Å². The lowest BCUT2D eigenvalue weighted by atomic mass is 9.68. The highest BCUT2D eigenvalue weighted by atomic mass is 28.2. The van der Waals surface area contributed by atoms with E-state index in [9.17, 15) is 4.79 Å². The van der Waals surface area contributed by atoms with Gasteiger partial charge in [-0.3, -0.25) is 4.79 Å². The Balaban J connectivity index is 1.63. The summed E-state index contributed by atoms with van der Waals surface area (Å²) in [4.78, 5) is 12.9. The molecule has 0 aromatic heterocycles. The highest BCUT2D eigenvalue weighted by Gasteiger charge is 2.53. The van der Waals surface area contributed by atoms with E-state index in [2.05, 4.69) is 20.8 Å². The molecular weight excluding hydrogens is 404 g/mol. The fourth-order valence-corrected chi connectivity index (χ4v) is 8.99. The first-order valence-corrected chi connectivity index (χ1v) is 14.7. The second-order valence-electron chi connectivity index (χ2n) is 11.3. The third-order valence-electron chi connectivity index (χ3n) is 7.83. The molecule has 0 aromatic carbocycles. The molecule has 0 aliphatic heterocycles. The van der Waals surface area contributed by atoms with Gasteiger partial charge in [-0.1, -0.05) is 77.6 Å². The molecule has 3 aliphatic rings. The summed E-state index contributed by atoms with van der Waals surface area (Å²) < 4.78 is 12.0. The van der Waals surface area contributed by atoms with Crippen molar-refractivity contribution < 1.29 is 13.6 Å². The van der Waals surface area contributed by atoms with Crippen LogP contribution in [0.5, 0.6) is 0 Å². The van der Waals surface area contributed by atoms with Crippen LogP contribution in [-0.2, 0) is 13.6 Å². The molecule has 170 valence electrons. The SMILES string of the molecule is CC(C[Si]OC(C)(C)C)C(=O)O[Si]C1(C2CCCCC2)CCCC1C1CCCCC1. The number of carbonyl (C=O) groups is 1. The van der Waals surface area contributed by atoms with E-state index < -0.39 is 0 Å². The van der Waals surface area contributed by atoms with Crippen molar-refractivity contribution >= 4 is 25.5 Å². The largest absolute Gasteiger partial charge is 0.516 e. The average molecular weight is 449 g/mol. The summed E-state index contributed by atoms with van der Waals surface area (Å²) in [5.41, 5.74) is -0.133. The predicted molar refractivity (Wildman–Crippen MR) is 126 cm³/mol. The van der Waals surface area contributed by atoms with Gasteiger partial charge in [-0.25, -0.2) is 0 Å². The lowest BCUT2D eigenvalue weighted by Crippen LogP contribution is -2.40. The van der Waals surface area contributed by atoms with Gasteiger partial charge < -0.3 is 8.85 Å². The normalized spacial score (nSPS) is 30.3. The van der Waals surface area contributed by atoms with Crippen LogP contribution in [0.15, 0.2) is 0 Å². The van der Waals surface area contributed by atoms with E-state index >= 15 is 0 Å². The molecule has 0 aromatic rings. The van der Waals surface area contributed by atoms with Crippen LogP contribution in [0.3, 0.4) is 0 Å². The van der Waals surface area contributed by atoms with Crippen molar-refractivity contribution in [3.8, 4) is 0 Å². The molecular formula is C25H44O3Si2. The van der Waals surface area contributed by atoms with Gasteiger partial charge in [0, 0.05) is 10.6 Å². The van der Waals surface area contributed by atoms with Crippen LogP contribution in [-0.4, -0.2) is 31.1 Å². The first-order valence-electron chi connectivity index (χ1n) is 12.7. The summed E-state index contributed by atoms with van der Waals surface area (Å²) >= 11 is 0. The monoisotopic (exact) mass is 448 g/mol. The minimum atomic E-state index is -0.133. The number of carbonyl (C=O) groups excluding carboxylic acids is 1. The minimum absolute atomic E-state index is 0.0165. The Hall–Kier alpha value is -0.136. The van der Waals surface area contributed by atoms with Gasteiger partial charge in [0.1, 0.15) is 0 Å². The van der Waals surface area contributed by atoms with Gasteiger partial charge in [-0.15, -0.1) is 0 Å². The van der Waals surface area contributed by atoms with Crippen molar-refractivity contribution in [1.82, 2.24) is 0 Å². The van der Waals surface area contributed by atoms with Gasteiger partial charge in [-0.05, 0) is 57.4 Å². The summed E-state index contributed by atoms with van der Waals surface area (Å²) in [6, 6.07) is 0.781. The first kappa shape index (κ1) is 24.5. The van der Waals surface area contributed by atoms with Gasteiger partial charge >= 0.3 is 9.76 Å². The zero-order chi connectivity index (χ0) is 21.6. The zero-order valence-corrected chi connectivity index (χ0v) is 21.9. The van der Waals surface area contributed by atoms with E-state index in [0.29, 0.717) is 24.6 Å². The van der Waals surface area contributed by atoms with Crippen LogP contribution in [0.2, 0.25) is 11.1 Å². The Morgan fingerprint density at radius 1 is 0.967 bits per heavy atom. The van der Waals surface area contributed by atoms with Crippen molar-refractivity contribution in [3.63, 3.8) is 0 Å². The maximum absolute atomic E-state index is 12.9. The molecule has 0 amide bonds. The summed E-state index contributed by atoms with van der Waals surface area (Å²) in [5, 5.41) is 0.294. The summed E-state index contributed by atoms with van der Waals surface area (Å²) in [6.07, 6.45) is 18.0. The Kier molecular flexibility index (Phi) is 9.09. The molecule has 5 heteroatoms. The number of rotatable bonds is 8. The standard InChI is InChI=1S/C25H44O3Si2/c1-19(18-29-28-24(2,3)4)23(26)27-30-25(21-14-9-6-10-15-21)17-11-16-22(25)20-12-7-5-8-13-20/h19-22H,5-18H2,1-4H3. The molecule has 0 saturated heterocycles. The van der Waals surface area contributed by atoms with Gasteiger partial charge in [-0.2, -0.15) is 0 Å². The Morgan fingerprint density at radius 3 is 2.23 bits per heavy atom. The molecule has 3 unspecified atom stereocenters. The van der Waals surface area contributed by atoms with Crippen LogP contribution < -0.4 is 0 Å². The fraction of sp³-hybridized carbons (Fsp3) is 0.960. The molecule has 4 radical (unpaired) electrons. The summed E-state index contributed by atoms with van der Waals surface area (Å²) in [5.74, 6) is 2.43. The van der Waals surface area contributed by atoms with Crippen molar-refractivity contribution in [2.45, 2.75) is 128 Å². The minimum Gasteiger partial charge on any atom is -0.516 e. The maximum atomic E-state index is 12.9. The van der Waals surface area contributed by atoms with E-state index in [1.807, 2.05) is 6.92 Å². The Bertz CT molecular complexity index is 535. The van der Waals surface area contributed by atoms with Crippen LogP contribution in [0.25, 0.3) is 0 Å². The van der Waals surface area contributed by atoms with Crippen molar-refractivity contribution in [3.05, 3.63) is 0 Å². The van der Waals surface area contributed by atoms with Crippen LogP contribution in [0, 0.1) is 23.7 Å². The van der Waals surface area contributed by atoms with E-state index in [0.717, 1.165) is 23.8 Å². The Morgan fingerprint density at radius 2 is 1.60 bits per heavy atom. The smallest absolute Gasteiger partial charge is 0.322 e. The van der Waals surface area contributed by atoms with Crippen LogP contribution in [0.1, 0.15) is 111 Å². The van der Waals surface area contributed by atoms with E-state index in [-0.39, 0.29) is 17.5 Å². The molecule has 0 heterocycles. The highest BCUT2D eigenvalue weighted by Crippen LogP contribution is 2.62. The summed E-state index contributed by atoms with van der Waals surface area (Å²) in [7, 11) is 0.738. The highest BCUT2D eigenvalue weighted by molar-refractivity contribution is 6.36. The molecule has 3 aliphatic carbocycles. The molecule has 0 spiro atoms.